The predicted octanol–water partition coefficient (Wildman–Crippen LogP) is 3.17. The first-order valence-corrected chi connectivity index (χ1v) is 6.02. The molecule has 0 spiro atoms. The smallest absolute Gasteiger partial charge is 0.341 e. The van der Waals surface area contributed by atoms with Crippen molar-refractivity contribution in [2.45, 2.75) is 6.92 Å². The number of aliphatic carboxylic acids is 1. The molecule has 1 aromatic carbocycles. The molecule has 1 heterocycles. The van der Waals surface area contributed by atoms with Crippen LogP contribution in [0.5, 0.6) is 5.75 Å². The van der Waals surface area contributed by atoms with E-state index in [4.69, 9.17) is 21.4 Å². The highest BCUT2D eigenvalue weighted by molar-refractivity contribution is 6.31. The molecule has 0 saturated carbocycles. The van der Waals surface area contributed by atoms with E-state index in [2.05, 4.69) is 4.98 Å². The van der Waals surface area contributed by atoms with Gasteiger partial charge in [-0.25, -0.2) is 4.79 Å². The minimum atomic E-state index is -1.02. The number of benzene rings is 1. The van der Waals surface area contributed by atoms with Crippen molar-refractivity contribution in [1.82, 2.24) is 4.98 Å². The van der Waals surface area contributed by atoms with Gasteiger partial charge in [-0.05, 0) is 31.2 Å². The summed E-state index contributed by atoms with van der Waals surface area (Å²) in [6.45, 7) is 1.48. The zero-order valence-electron chi connectivity index (χ0n) is 10.3. The van der Waals surface area contributed by atoms with Crippen LogP contribution >= 0.6 is 11.6 Å². The molecule has 0 unspecified atom stereocenters. The fourth-order valence-electron chi connectivity index (χ4n) is 1.75. The second kappa shape index (κ2) is 5.71. The minimum Gasteiger partial charge on any atom is -0.481 e. The van der Waals surface area contributed by atoms with Crippen LogP contribution in [0.4, 0.5) is 0 Å². The van der Waals surface area contributed by atoms with Crippen LogP contribution in [-0.2, 0) is 4.79 Å². The van der Waals surface area contributed by atoms with Gasteiger partial charge in [0.1, 0.15) is 5.75 Å². The lowest BCUT2D eigenvalue weighted by atomic mass is 10.0. The monoisotopic (exact) mass is 277 g/mol. The molecule has 0 aliphatic carbocycles. The third kappa shape index (κ3) is 3.23. The molecule has 19 heavy (non-hydrogen) atoms. The standard InChI is InChI=1S/C14H12ClNO3/c1-9-11(3-2-6-16-9)12-7-10(15)4-5-13(12)19-8-14(17)18/h2-7H,8H2,1H3,(H,17,18). The van der Waals surface area contributed by atoms with E-state index in [0.29, 0.717) is 10.8 Å². The van der Waals surface area contributed by atoms with Gasteiger partial charge in [0.25, 0.3) is 0 Å². The molecule has 0 bridgehead atoms. The van der Waals surface area contributed by atoms with Gasteiger partial charge in [0.05, 0.1) is 0 Å². The van der Waals surface area contributed by atoms with Crippen LogP contribution in [0.2, 0.25) is 5.02 Å². The van der Waals surface area contributed by atoms with E-state index < -0.39 is 12.6 Å². The number of hydrogen-bond acceptors (Lipinski definition) is 3. The molecule has 2 rings (SSSR count). The summed E-state index contributed by atoms with van der Waals surface area (Å²) in [6.07, 6.45) is 1.70. The number of nitrogens with zero attached hydrogens (tertiary/aromatic N) is 1. The highest BCUT2D eigenvalue weighted by Gasteiger charge is 2.11. The quantitative estimate of drug-likeness (QED) is 0.932. The van der Waals surface area contributed by atoms with E-state index in [0.717, 1.165) is 16.8 Å². The number of ether oxygens (including phenoxy) is 1. The molecule has 98 valence electrons. The average molecular weight is 278 g/mol. The Kier molecular flexibility index (Phi) is 4.02. The third-order valence-electron chi connectivity index (χ3n) is 2.59. The van der Waals surface area contributed by atoms with Crippen LogP contribution in [0.3, 0.4) is 0 Å². The molecule has 0 saturated heterocycles. The Balaban J connectivity index is 2.46. The normalized spacial score (nSPS) is 10.2. The van der Waals surface area contributed by atoms with Gasteiger partial charge in [0, 0.05) is 28.0 Å². The summed E-state index contributed by atoms with van der Waals surface area (Å²) in [5.41, 5.74) is 2.43. The molecule has 0 radical (unpaired) electrons. The number of rotatable bonds is 4. The van der Waals surface area contributed by atoms with E-state index in [1.165, 1.54) is 0 Å². The summed E-state index contributed by atoms with van der Waals surface area (Å²) in [7, 11) is 0. The molecule has 0 amide bonds. The van der Waals surface area contributed by atoms with E-state index >= 15 is 0 Å². The number of aromatic nitrogens is 1. The first-order chi connectivity index (χ1) is 9.08. The van der Waals surface area contributed by atoms with E-state index in [9.17, 15) is 4.79 Å². The zero-order valence-corrected chi connectivity index (χ0v) is 11.0. The molecule has 2 aromatic rings. The summed E-state index contributed by atoms with van der Waals surface area (Å²) in [6, 6.07) is 8.76. The number of pyridine rings is 1. The van der Waals surface area contributed by atoms with Crippen LogP contribution < -0.4 is 4.74 Å². The van der Waals surface area contributed by atoms with Gasteiger partial charge >= 0.3 is 5.97 Å². The Morgan fingerprint density at radius 2 is 2.16 bits per heavy atom. The van der Waals surface area contributed by atoms with Crippen LogP contribution in [0.1, 0.15) is 5.69 Å². The third-order valence-corrected chi connectivity index (χ3v) is 2.82. The van der Waals surface area contributed by atoms with E-state index in [1.54, 1.807) is 24.4 Å². The van der Waals surface area contributed by atoms with Gasteiger partial charge in [0.2, 0.25) is 0 Å². The first kappa shape index (κ1) is 13.4. The first-order valence-electron chi connectivity index (χ1n) is 5.64. The summed E-state index contributed by atoms with van der Waals surface area (Å²) >= 11 is 5.99. The van der Waals surface area contributed by atoms with Crippen LogP contribution in [0, 0.1) is 6.92 Å². The molecule has 0 fully saturated rings. The predicted molar refractivity (Wildman–Crippen MR) is 72.6 cm³/mol. The summed E-state index contributed by atoms with van der Waals surface area (Å²) in [4.78, 5) is 14.8. The van der Waals surface area contributed by atoms with Crippen molar-refractivity contribution in [2.75, 3.05) is 6.61 Å². The summed E-state index contributed by atoms with van der Waals surface area (Å²) in [5, 5.41) is 9.24. The number of carbonyl (C=O) groups is 1. The van der Waals surface area contributed by atoms with Gasteiger partial charge in [-0.15, -0.1) is 0 Å². The molecule has 0 aliphatic rings. The van der Waals surface area contributed by atoms with Gasteiger partial charge in [0.15, 0.2) is 6.61 Å². The maximum Gasteiger partial charge on any atom is 0.341 e. The molecule has 5 heteroatoms. The van der Waals surface area contributed by atoms with Crippen LogP contribution in [0.15, 0.2) is 36.5 Å². The average Bonchev–Trinajstić information content (AvgIpc) is 2.37. The fourth-order valence-corrected chi connectivity index (χ4v) is 1.92. The van der Waals surface area contributed by atoms with Crippen molar-refractivity contribution in [3.63, 3.8) is 0 Å². The largest absolute Gasteiger partial charge is 0.481 e. The van der Waals surface area contributed by atoms with Crippen molar-refractivity contribution >= 4 is 17.6 Å². The lowest BCUT2D eigenvalue weighted by Crippen LogP contribution is -2.10. The number of aryl methyl sites for hydroxylation is 1. The second-order valence-corrected chi connectivity index (χ2v) is 4.40. The van der Waals surface area contributed by atoms with Crippen molar-refractivity contribution in [3.8, 4) is 16.9 Å². The Morgan fingerprint density at radius 3 is 2.84 bits per heavy atom. The number of hydrogen-bond donors (Lipinski definition) is 1. The summed E-state index contributed by atoms with van der Waals surface area (Å²) < 4.78 is 5.28. The van der Waals surface area contributed by atoms with Crippen LogP contribution in [-0.4, -0.2) is 22.7 Å². The maximum absolute atomic E-state index is 10.6. The second-order valence-electron chi connectivity index (χ2n) is 3.96. The van der Waals surface area contributed by atoms with Crippen molar-refractivity contribution in [1.29, 1.82) is 0 Å². The van der Waals surface area contributed by atoms with Crippen molar-refractivity contribution < 1.29 is 14.6 Å². The van der Waals surface area contributed by atoms with Gasteiger partial charge in [-0.3, -0.25) is 4.98 Å². The minimum absolute atomic E-state index is 0.395. The van der Waals surface area contributed by atoms with Gasteiger partial charge in [-0.1, -0.05) is 17.7 Å². The Hall–Kier alpha value is -2.07. The molecule has 0 aliphatic heterocycles. The topological polar surface area (TPSA) is 59.4 Å². The Labute approximate surface area is 115 Å². The van der Waals surface area contributed by atoms with Gasteiger partial charge < -0.3 is 9.84 Å². The number of carboxylic acids is 1. The zero-order chi connectivity index (χ0) is 13.8. The lowest BCUT2D eigenvalue weighted by Gasteiger charge is -2.12. The molecular weight excluding hydrogens is 266 g/mol. The van der Waals surface area contributed by atoms with Crippen molar-refractivity contribution in [3.05, 3.63) is 47.2 Å². The maximum atomic E-state index is 10.6. The van der Waals surface area contributed by atoms with E-state index in [-0.39, 0.29) is 0 Å². The number of carboxylic acid groups (broad SMARTS) is 1. The van der Waals surface area contributed by atoms with Crippen molar-refractivity contribution in [2.24, 2.45) is 0 Å². The summed E-state index contributed by atoms with van der Waals surface area (Å²) in [5.74, 6) is -0.549. The highest BCUT2D eigenvalue weighted by atomic mass is 35.5. The van der Waals surface area contributed by atoms with Crippen LogP contribution in [0.25, 0.3) is 11.1 Å². The number of halogens is 1. The lowest BCUT2D eigenvalue weighted by molar-refractivity contribution is -0.139. The van der Waals surface area contributed by atoms with Gasteiger partial charge in [-0.2, -0.15) is 0 Å². The van der Waals surface area contributed by atoms with E-state index in [1.807, 2.05) is 19.1 Å². The molecule has 1 N–H and O–H groups in total. The fraction of sp³-hybridized carbons (Fsp3) is 0.143. The molecule has 4 nitrogen and oxygen atoms in total. The molecule has 1 aromatic heterocycles. The highest BCUT2D eigenvalue weighted by Crippen LogP contribution is 2.33. The Bertz CT molecular complexity index is 613. The molecule has 0 atom stereocenters. The SMILES string of the molecule is Cc1ncccc1-c1cc(Cl)ccc1OCC(=O)O. The Morgan fingerprint density at radius 1 is 1.37 bits per heavy atom. The molecular formula is C14H12ClNO3.